The van der Waals surface area contributed by atoms with Crippen molar-refractivity contribution in [2.45, 2.75) is 218 Å². The number of aliphatic hydroxyl groups excluding tert-OH is 2. The lowest BCUT2D eigenvalue weighted by Crippen LogP contribution is -2.61. The Kier molecular flexibility index (Phi) is 19.1. The van der Waals surface area contributed by atoms with Crippen LogP contribution in [0.4, 0.5) is 0 Å². The molecule has 18 atom stereocenters. The lowest BCUT2D eigenvalue weighted by molar-refractivity contribution is -0.319. The molecule has 0 saturated carbocycles. The van der Waals surface area contributed by atoms with Crippen LogP contribution in [0.1, 0.15) is 128 Å². The first-order valence-corrected chi connectivity index (χ1v) is 22.1. The predicted octanol–water partition coefficient (Wildman–Crippen LogP) is 4.03. The summed E-state index contributed by atoms with van der Waals surface area (Å²) in [5, 5.41) is 47.2. The molecule has 346 valence electrons. The number of nitrogens with zero attached hydrogens (tertiary/aromatic N) is 2. The highest BCUT2D eigenvalue weighted by molar-refractivity contribution is 5.73. The van der Waals surface area contributed by atoms with Gasteiger partial charge in [0.2, 0.25) is 0 Å². The molecule has 3 aliphatic rings. The second-order valence-electron chi connectivity index (χ2n) is 19.1. The minimum Gasteiger partial charge on any atom is -0.459 e. The van der Waals surface area contributed by atoms with Crippen LogP contribution in [-0.2, 0) is 42.7 Å². The summed E-state index contributed by atoms with van der Waals surface area (Å²) in [5.74, 6) is -3.05. The van der Waals surface area contributed by atoms with E-state index in [2.05, 4.69) is 6.92 Å². The molecule has 3 rings (SSSR count). The molecule has 3 saturated heterocycles. The Balaban J connectivity index is 2.22. The highest BCUT2D eigenvalue weighted by Crippen LogP contribution is 2.40. The molecule has 3 fully saturated rings. The number of hydrogen-bond acceptors (Lipinski definition) is 15. The van der Waals surface area contributed by atoms with Gasteiger partial charge in [-0.25, -0.2) is 0 Å². The summed E-state index contributed by atoms with van der Waals surface area (Å²) < 4.78 is 44.6. The van der Waals surface area contributed by atoms with Gasteiger partial charge in [0.25, 0.3) is 0 Å². The highest BCUT2D eigenvalue weighted by Gasteiger charge is 2.53. The van der Waals surface area contributed by atoms with Gasteiger partial charge in [-0.2, -0.15) is 0 Å². The largest absolute Gasteiger partial charge is 0.459 e. The zero-order valence-corrected chi connectivity index (χ0v) is 38.9. The maximum absolute atomic E-state index is 14.4. The summed E-state index contributed by atoms with van der Waals surface area (Å²) in [5.41, 5.74) is -4.46. The molecule has 0 bridgehead atoms. The second-order valence-corrected chi connectivity index (χ2v) is 19.1. The molecule has 4 N–H and O–H groups in total. The van der Waals surface area contributed by atoms with Crippen molar-refractivity contribution in [3.05, 3.63) is 0 Å². The fourth-order valence-electron chi connectivity index (χ4n) is 9.58. The summed E-state index contributed by atoms with van der Waals surface area (Å²) in [6.07, 6.45) is -5.48. The van der Waals surface area contributed by atoms with E-state index in [0.717, 1.165) is 12.8 Å². The summed E-state index contributed by atoms with van der Waals surface area (Å²) in [6, 6.07) is -0.824. The molecule has 0 aromatic carbocycles. The van der Waals surface area contributed by atoms with Gasteiger partial charge in [-0.05, 0) is 101 Å². The van der Waals surface area contributed by atoms with Crippen LogP contribution in [0.15, 0.2) is 0 Å². The fourth-order valence-corrected chi connectivity index (χ4v) is 9.58. The van der Waals surface area contributed by atoms with Crippen LogP contribution in [0.2, 0.25) is 0 Å². The number of likely N-dealkylation sites (N-methyl/N-ethyl adjacent to an activating group) is 2. The number of aliphatic hydroxyl groups is 4. The van der Waals surface area contributed by atoms with E-state index < -0.39 is 96.0 Å². The van der Waals surface area contributed by atoms with Gasteiger partial charge in [0.05, 0.1) is 47.6 Å². The van der Waals surface area contributed by atoms with E-state index in [4.69, 9.17) is 33.2 Å². The van der Waals surface area contributed by atoms with E-state index in [9.17, 15) is 30.0 Å². The van der Waals surface area contributed by atoms with Crippen LogP contribution < -0.4 is 0 Å². The van der Waals surface area contributed by atoms with Crippen molar-refractivity contribution in [1.29, 1.82) is 0 Å². The van der Waals surface area contributed by atoms with E-state index in [-0.39, 0.29) is 49.7 Å². The summed E-state index contributed by atoms with van der Waals surface area (Å²) in [7, 11) is 7.20. The molecule has 0 radical (unpaired) electrons. The molecule has 0 aromatic rings. The lowest BCUT2D eigenvalue weighted by atomic mass is 9.77. The standard InChI is InChI=1S/C44H82N2O13/c1-16-18-19-20-33(47)57-36-31(45(12)13)21-26(4)54-41(36)59-39-27(5)35(58-34-23-43(10,53-15)38(49)30(8)55-34)28(6)40(50)56-32(17-2)44(11,52)37(48)29(7)46(14)24-25(3)22-42(39,9)51/h25-32,34-39,41,48-49,51-52H,16-24H2,1-15H3/t25-,26-,27+,28-,29-,30+,31?,32-,34+,35+,36-,37-,38+,39-,41+,42-,43-,44-/m1/s1. The van der Waals surface area contributed by atoms with E-state index in [1.807, 2.05) is 51.7 Å². The molecule has 0 amide bonds. The SMILES string of the molecule is CCCCCC(=O)O[C@@H]1C(N(C)C)C[C@@H](C)O[C@H]1O[C@@H]1[C@@H](C)[C@H](O[C@H]2C[C@@](C)(OC)[C@@H](O)[C@H](C)O2)[C@@H](C)C(=O)O[C@H](CC)[C@@](C)(O)[C@H](O)[C@@H](C)N(C)C[C@H](C)C[C@@]1(C)O. The van der Waals surface area contributed by atoms with Crippen molar-refractivity contribution in [3.8, 4) is 0 Å². The molecule has 3 aliphatic heterocycles. The van der Waals surface area contributed by atoms with Crippen molar-refractivity contribution >= 4 is 11.9 Å². The number of methoxy groups -OCH3 is 1. The molecule has 1 unspecified atom stereocenters. The number of cyclic esters (lactones) is 1. The topological polar surface area (TPSA) is 186 Å². The van der Waals surface area contributed by atoms with E-state index >= 15 is 0 Å². The molecule has 15 nitrogen and oxygen atoms in total. The summed E-state index contributed by atoms with van der Waals surface area (Å²) in [6.45, 7) is 20.2. The van der Waals surface area contributed by atoms with Gasteiger partial charge in [-0.3, -0.25) is 9.59 Å². The van der Waals surface area contributed by atoms with Gasteiger partial charge >= 0.3 is 11.9 Å². The van der Waals surface area contributed by atoms with Gasteiger partial charge in [0.1, 0.15) is 23.9 Å². The molecule has 0 spiro atoms. The molecular weight excluding hydrogens is 764 g/mol. The zero-order valence-electron chi connectivity index (χ0n) is 38.9. The van der Waals surface area contributed by atoms with Crippen LogP contribution in [-0.4, -0.2) is 167 Å². The van der Waals surface area contributed by atoms with Crippen LogP contribution in [0, 0.1) is 17.8 Å². The first kappa shape index (κ1) is 51.8. The number of carbonyl (C=O) groups excluding carboxylic acids is 2. The maximum atomic E-state index is 14.4. The molecule has 59 heavy (non-hydrogen) atoms. The Morgan fingerprint density at radius 1 is 0.932 bits per heavy atom. The second kappa shape index (κ2) is 21.7. The van der Waals surface area contributed by atoms with Crippen LogP contribution in [0.3, 0.4) is 0 Å². The van der Waals surface area contributed by atoms with E-state index in [1.165, 1.54) is 14.0 Å². The van der Waals surface area contributed by atoms with Crippen molar-refractivity contribution < 1.29 is 63.2 Å². The zero-order chi connectivity index (χ0) is 44.8. The Hall–Kier alpha value is -1.50. The Morgan fingerprint density at radius 2 is 1.58 bits per heavy atom. The maximum Gasteiger partial charge on any atom is 0.311 e. The molecule has 15 heteroatoms. The van der Waals surface area contributed by atoms with Crippen molar-refractivity contribution in [1.82, 2.24) is 9.80 Å². The van der Waals surface area contributed by atoms with Gasteiger partial charge in [-0.15, -0.1) is 0 Å². The molecule has 0 aromatic heterocycles. The Morgan fingerprint density at radius 3 is 2.15 bits per heavy atom. The van der Waals surface area contributed by atoms with Crippen molar-refractivity contribution in [2.75, 3.05) is 34.8 Å². The average Bonchev–Trinajstić information content (AvgIpc) is 3.15. The van der Waals surface area contributed by atoms with Gasteiger partial charge < -0.3 is 63.4 Å². The molecule has 3 heterocycles. The Bertz CT molecular complexity index is 1320. The van der Waals surface area contributed by atoms with Crippen LogP contribution in [0.5, 0.6) is 0 Å². The van der Waals surface area contributed by atoms with Crippen LogP contribution in [0.25, 0.3) is 0 Å². The predicted molar refractivity (Wildman–Crippen MR) is 222 cm³/mol. The summed E-state index contributed by atoms with van der Waals surface area (Å²) in [4.78, 5) is 31.7. The van der Waals surface area contributed by atoms with E-state index in [1.54, 1.807) is 41.5 Å². The number of carbonyl (C=O) groups is 2. The lowest BCUT2D eigenvalue weighted by Gasteiger charge is -2.49. The molecular formula is C44H82N2O13. The average molecular weight is 847 g/mol. The quantitative estimate of drug-likeness (QED) is 0.163. The number of unbranched alkanes of at least 4 members (excludes halogenated alkanes) is 2. The number of esters is 2. The van der Waals surface area contributed by atoms with Crippen molar-refractivity contribution in [3.63, 3.8) is 0 Å². The van der Waals surface area contributed by atoms with Gasteiger partial charge in [-0.1, -0.05) is 40.5 Å². The minimum atomic E-state index is -1.82. The smallest absolute Gasteiger partial charge is 0.311 e. The third-order valence-electron chi connectivity index (χ3n) is 13.4. The number of ether oxygens (including phenoxy) is 7. The fraction of sp³-hybridized carbons (Fsp3) is 0.955. The first-order chi connectivity index (χ1) is 27.3. The Labute approximate surface area is 354 Å². The minimum absolute atomic E-state index is 0.117. The third kappa shape index (κ3) is 12.8. The van der Waals surface area contributed by atoms with Gasteiger partial charge in [0.15, 0.2) is 18.7 Å². The number of hydrogen-bond donors (Lipinski definition) is 4. The number of rotatable bonds is 12. The normalized spacial score (nSPS) is 45.0. The van der Waals surface area contributed by atoms with Crippen molar-refractivity contribution in [2.24, 2.45) is 17.8 Å². The third-order valence-corrected chi connectivity index (χ3v) is 13.4. The highest BCUT2D eigenvalue weighted by atomic mass is 16.7. The van der Waals surface area contributed by atoms with Gasteiger partial charge in [0, 0.05) is 38.5 Å². The summed E-state index contributed by atoms with van der Waals surface area (Å²) >= 11 is 0. The van der Waals surface area contributed by atoms with E-state index in [0.29, 0.717) is 19.4 Å². The monoisotopic (exact) mass is 847 g/mol. The molecule has 0 aliphatic carbocycles. The van der Waals surface area contributed by atoms with Crippen LogP contribution >= 0.6 is 0 Å². The first-order valence-electron chi connectivity index (χ1n) is 22.1.